The summed E-state index contributed by atoms with van der Waals surface area (Å²) in [5, 5.41) is 3.47. The molecule has 0 radical (unpaired) electrons. The number of hydrogen-bond acceptors (Lipinski definition) is 2. The van der Waals surface area contributed by atoms with Gasteiger partial charge in [0.1, 0.15) is 5.82 Å². The van der Waals surface area contributed by atoms with Crippen molar-refractivity contribution in [1.29, 1.82) is 0 Å². The molecule has 1 unspecified atom stereocenters. The minimum Gasteiger partial charge on any atom is -0.313 e. The van der Waals surface area contributed by atoms with Crippen LogP contribution < -0.4 is 5.32 Å². The van der Waals surface area contributed by atoms with Crippen molar-refractivity contribution < 1.29 is 22.0 Å². The Balaban J connectivity index is 1.76. The zero-order valence-corrected chi connectivity index (χ0v) is 15.4. The summed E-state index contributed by atoms with van der Waals surface area (Å²) in [6.07, 6.45) is -1.29. The molecule has 4 rings (SSSR count). The molecular formula is C21H21F5N2. The zero-order chi connectivity index (χ0) is 20.2. The highest BCUT2D eigenvalue weighted by atomic mass is 19.4. The second-order valence-electron chi connectivity index (χ2n) is 7.99. The van der Waals surface area contributed by atoms with Crippen LogP contribution in [0.4, 0.5) is 22.0 Å². The fourth-order valence-corrected chi connectivity index (χ4v) is 4.63. The van der Waals surface area contributed by atoms with E-state index in [1.54, 1.807) is 12.1 Å². The van der Waals surface area contributed by atoms with E-state index < -0.39 is 17.4 Å². The molecule has 0 amide bonds. The molecule has 2 aromatic rings. The first kappa shape index (κ1) is 19.3. The molecule has 2 nitrogen and oxygen atoms in total. The molecule has 1 aliphatic heterocycles. The van der Waals surface area contributed by atoms with Crippen LogP contribution in [0.25, 0.3) is 0 Å². The largest absolute Gasteiger partial charge is 0.426 e. The average Bonchev–Trinajstić information content (AvgIpc) is 3.06. The number of nitrogens with one attached hydrogen (secondary N) is 1. The van der Waals surface area contributed by atoms with E-state index >= 15 is 0 Å². The Morgan fingerprint density at radius 2 is 1.89 bits per heavy atom. The third kappa shape index (κ3) is 3.00. The molecule has 3 atom stereocenters. The number of pyridine rings is 1. The van der Waals surface area contributed by atoms with Gasteiger partial charge in [-0.05, 0) is 68.5 Å². The minimum absolute atomic E-state index is 0.141. The van der Waals surface area contributed by atoms with Crippen molar-refractivity contribution in [3.05, 3.63) is 64.7 Å². The van der Waals surface area contributed by atoms with Crippen LogP contribution in [0.2, 0.25) is 0 Å². The number of aromatic nitrogens is 1. The fourth-order valence-electron chi connectivity index (χ4n) is 4.63. The number of nitrogens with zero attached hydrogens (tertiary/aromatic N) is 1. The maximum Gasteiger partial charge on any atom is 0.426 e. The quantitative estimate of drug-likeness (QED) is 0.757. The van der Waals surface area contributed by atoms with Crippen molar-refractivity contribution in [2.24, 2.45) is 0 Å². The highest BCUT2D eigenvalue weighted by Crippen LogP contribution is 2.47. The van der Waals surface area contributed by atoms with Gasteiger partial charge < -0.3 is 5.32 Å². The van der Waals surface area contributed by atoms with Crippen molar-refractivity contribution >= 4 is 0 Å². The van der Waals surface area contributed by atoms with Crippen LogP contribution in [0.3, 0.4) is 0 Å². The third-order valence-corrected chi connectivity index (χ3v) is 6.28. The molecule has 1 aromatic heterocycles. The maximum atomic E-state index is 14.4. The highest BCUT2D eigenvalue weighted by molar-refractivity contribution is 5.41. The van der Waals surface area contributed by atoms with Gasteiger partial charge in [0.2, 0.25) is 5.67 Å². The molecule has 0 saturated carbocycles. The number of aryl methyl sites for hydroxylation is 1. The van der Waals surface area contributed by atoms with Gasteiger partial charge in [-0.2, -0.15) is 13.2 Å². The molecule has 150 valence electrons. The van der Waals surface area contributed by atoms with E-state index in [-0.39, 0.29) is 17.3 Å². The van der Waals surface area contributed by atoms with E-state index in [9.17, 15) is 22.0 Å². The predicted octanol–water partition coefficient (Wildman–Crippen LogP) is 4.76. The lowest BCUT2D eigenvalue weighted by Crippen LogP contribution is -2.47. The third-order valence-electron chi connectivity index (χ3n) is 6.28. The fraction of sp³-hybridized carbons (Fsp3) is 0.476. The Labute approximate surface area is 160 Å². The summed E-state index contributed by atoms with van der Waals surface area (Å²) in [7, 11) is 0. The highest BCUT2D eigenvalue weighted by Gasteiger charge is 2.55. The lowest BCUT2D eigenvalue weighted by molar-refractivity contribution is -0.228. The smallest absolute Gasteiger partial charge is 0.313 e. The number of halogens is 5. The molecular weight excluding hydrogens is 375 g/mol. The minimum atomic E-state index is -5.00. The van der Waals surface area contributed by atoms with Gasteiger partial charge in [0, 0.05) is 23.2 Å². The van der Waals surface area contributed by atoms with Crippen LogP contribution in [0.15, 0.2) is 36.5 Å². The Hall–Kier alpha value is -2.02. The van der Waals surface area contributed by atoms with Gasteiger partial charge in [0.05, 0.1) is 5.69 Å². The summed E-state index contributed by atoms with van der Waals surface area (Å²) in [4.78, 5) is 4.37. The molecule has 0 bridgehead atoms. The first-order chi connectivity index (χ1) is 13.1. The number of hydrogen-bond donors (Lipinski definition) is 1. The first-order valence-electron chi connectivity index (χ1n) is 9.37. The SMILES string of the molecule is CC(F)(c1cnc2c(c1)CC[C@H]1NCC[C@@]21Cc1ccc(F)cc1)C(F)(F)F. The summed E-state index contributed by atoms with van der Waals surface area (Å²) in [5.74, 6) is -0.316. The van der Waals surface area contributed by atoms with Crippen LogP contribution in [-0.4, -0.2) is 23.7 Å². The lowest BCUT2D eigenvalue weighted by atomic mass is 9.66. The molecule has 28 heavy (non-hydrogen) atoms. The van der Waals surface area contributed by atoms with Gasteiger partial charge >= 0.3 is 6.18 Å². The Kier molecular flexibility index (Phi) is 4.49. The van der Waals surface area contributed by atoms with Crippen LogP contribution in [0.1, 0.15) is 42.1 Å². The van der Waals surface area contributed by atoms with Gasteiger partial charge in [-0.3, -0.25) is 4.98 Å². The molecule has 0 spiro atoms. The van der Waals surface area contributed by atoms with E-state index in [2.05, 4.69) is 10.3 Å². The van der Waals surface area contributed by atoms with Gasteiger partial charge in [-0.25, -0.2) is 8.78 Å². The molecule has 1 N–H and O–H groups in total. The first-order valence-corrected chi connectivity index (χ1v) is 9.37. The summed E-state index contributed by atoms with van der Waals surface area (Å²) < 4.78 is 67.1. The molecule has 1 aliphatic carbocycles. The van der Waals surface area contributed by atoms with E-state index in [0.717, 1.165) is 36.8 Å². The van der Waals surface area contributed by atoms with Crippen LogP contribution >= 0.6 is 0 Å². The second-order valence-corrected chi connectivity index (χ2v) is 7.99. The normalized spacial score (nSPS) is 26.4. The molecule has 2 heterocycles. The summed E-state index contributed by atoms with van der Waals surface area (Å²) >= 11 is 0. The summed E-state index contributed by atoms with van der Waals surface area (Å²) in [5.41, 5.74) is -1.93. The second kappa shape index (κ2) is 6.51. The van der Waals surface area contributed by atoms with Gasteiger partial charge in [0.15, 0.2) is 0 Å². The average molecular weight is 396 g/mol. The van der Waals surface area contributed by atoms with Crippen molar-refractivity contribution in [2.45, 2.75) is 55.9 Å². The van der Waals surface area contributed by atoms with E-state index in [0.29, 0.717) is 25.3 Å². The van der Waals surface area contributed by atoms with Crippen LogP contribution in [0.5, 0.6) is 0 Å². The molecule has 1 saturated heterocycles. The van der Waals surface area contributed by atoms with Crippen molar-refractivity contribution in [3.63, 3.8) is 0 Å². The standard InChI is InChI=1S/C21H21F5N2/c1-19(23,21(24,25)26)15-10-14-4-7-17-20(8-9-27-17,18(14)28-12-15)11-13-2-5-16(22)6-3-13/h2-3,5-6,10,12,17,27H,4,7-9,11H2,1H3/t17-,19?,20+/m1/s1. The summed E-state index contributed by atoms with van der Waals surface area (Å²) in [6.45, 7) is 1.31. The predicted molar refractivity (Wildman–Crippen MR) is 95.3 cm³/mol. The zero-order valence-electron chi connectivity index (χ0n) is 15.4. The van der Waals surface area contributed by atoms with Crippen molar-refractivity contribution in [1.82, 2.24) is 10.3 Å². The van der Waals surface area contributed by atoms with Gasteiger partial charge in [-0.1, -0.05) is 12.1 Å². The molecule has 1 aromatic carbocycles. The lowest BCUT2D eigenvalue weighted by Gasteiger charge is -2.40. The van der Waals surface area contributed by atoms with Crippen molar-refractivity contribution in [3.8, 4) is 0 Å². The van der Waals surface area contributed by atoms with Gasteiger partial charge in [-0.15, -0.1) is 0 Å². The number of benzene rings is 1. The Bertz CT molecular complexity index is 875. The van der Waals surface area contributed by atoms with Crippen molar-refractivity contribution in [2.75, 3.05) is 6.54 Å². The van der Waals surface area contributed by atoms with E-state index in [1.165, 1.54) is 18.2 Å². The number of alkyl halides is 4. The number of fused-ring (bicyclic) bond motifs is 3. The molecule has 7 heteroatoms. The molecule has 2 aliphatic rings. The molecule has 1 fully saturated rings. The Morgan fingerprint density at radius 3 is 2.57 bits per heavy atom. The summed E-state index contributed by atoms with van der Waals surface area (Å²) in [6, 6.07) is 7.73. The van der Waals surface area contributed by atoms with Gasteiger partial charge in [0.25, 0.3) is 0 Å². The van der Waals surface area contributed by atoms with E-state index in [1.807, 2.05) is 0 Å². The van der Waals surface area contributed by atoms with Crippen LogP contribution in [-0.2, 0) is 23.9 Å². The maximum absolute atomic E-state index is 14.4. The van der Waals surface area contributed by atoms with E-state index in [4.69, 9.17) is 0 Å². The Morgan fingerprint density at radius 1 is 1.18 bits per heavy atom. The number of rotatable bonds is 3. The topological polar surface area (TPSA) is 24.9 Å². The van der Waals surface area contributed by atoms with Crippen LogP contribution in [0, 0.1) is 5.82 Å². The monoisotopic (exact) mass is 396 g/mol.